The van der Waals surface area contributed by atoms with Gasteiger partial charge in [0.05, 0.1) is 7.11 Å². The summed E-state index contributed by atoms with van der Waals surface area (Å²) >= 11 is 0. The van der Waals surface area contributed by atoms with Gasteiger partial charge in [-0.1, -0.05) is 24.3 Å². The lowest BCUT2D eigenvalue weighted by molar-refractivity contribution is 0.0952. The Morgan fingerprint density at radius 1 is 1.00 bits per heavy atom. The van der Waals surface area contributed by atoms with Gasteiger partial charge < -0.3 is 14.8 Å². The SMILES string of the molecule is COc1ccc(CCCNC(=O)c2cccc(OCc3cccnc3)c2)cc1. The third-order valence-corrected chi connectivity index (χ3v) is 4.31. The summed E-state index contributed by atoms with van der Waals surface area (Å²) in [5.74, 6) is 1.42. The van der Waals surface area contributed by atoms with Crippen LogP contribution in [0.2, 0.25) is 0 Å². The van der Waals surface area contributed by atoms with Crippen molar-refractivity contribution in [2.75, 3.05) is 13.7 Å². The zero-order valence-corrected chi connectivity index (χ0v) is 15.9. The molecule has 3 rings (SSSR count). The van der Waals surface area contributed by atoms with Crippen LogP contribution in [0.3, 0.4) is 0 Å². The highest BCUT2D eigenvalue weighted by molar-refractivity contribution is 5.94. The van der Waals surface area contributed by atoms with Gasteiger partial charge in [0, 0.05) is 30.1 Å². The molecule has 0 unspecified atom stereocenters. The van der Waals surface area contributed by atoms with Crippen LogP contribution in [-0.4, -0.2) is 24.5 Å². The summed E-state index contributed by atoms with van der Waals surface area (Å²) in [6, 6.07) is 19.0. The molecule has 0 aliphatic heterocycles. The summed E-state index contributed by atoms with van der Waals surface area (Å²) in [4.78, 5) is 16.4. The fourth-order valence-corrected chi connectivity index (χ4v) is 2.77. The average Bonchev–Trinajstić information content (AvgIpc) is 2.76. The first-order valence-corrected chi connectivity index (χ1v) is 9.27. The molecule has 1 N–H and O–H groups in total. The van der Waals surface area contributed by atoms with Crippen LogP contribution in [0, 0.1) is 0 Å². The molecule has 0 fully saturated rings. The molecule has 3 aromatic rings. The summed E-state index contributed by atoms with van der Waals surface area (Å²) in [5.41, 5.74) is 2.80. The molecule has 0 atom stereocenters. The number of methoxy groups -OCH3 is 1. The predicted molar refractivity (Wildman–Crippen MR) is 109 cm³/mol. The van der Waals surface area contributed by atoms with Crippen molar-refractivity contribution in [3.05, 3.63) is 89.7 Å². The Bertz CT molecular complexity index is 880. The van der Waals surface area contributed by atoms with E-state index in [1.54, 1.807) is 31.6 Å². The summed E-state index contributed by atoms with van der Waals surface area (Å²) in [7, 11) is 1.66. The van der Waals surface area contributed by atoms with E-state index in [0.717, 1.165) is 24.2 Å². The number of aryl methyl sites for hydroxylation is 1. The van der Waals surface area contributed by atoms with E-state index in [1.807, 2.05) is 48.5 Å². The molecule has 0 saturated heterocycles. The largest absolute Gasteiger partial charge is 0.497 e. The van der Waals surface area contributed by atoms with Gasteiger partial charge in [0.2, 0.25) is 0 Å². The zero-order chi connectivity index (χ0) is 19.6. The van der Waals surface area contributed by atoms with Crippen LogP contribution in [0.4, 0.5) is 0 Å². The molecule has 0 aliphatic rings. The van der Waals surface area contributed by atoms with Gasteiger partial charge in [-0.25, -0.2) is 0 Å². The molecule has 1 aromatic heterocycles. The Labute approximate surface area is 165 Å². The lowest BCUT2D eigenvalue weighted by Gasteiger charge is -2.09. The van der Waals surface area contributed by atoms with E-state index in [2.05, 4.69) is 10.3 Å². The summed E-state index contributed by atoms with van der Waals surface area (Å²) in [5, 5.41) is 2.96. The average molecular weight is 376 g/mol. The number of rotatable bonds is 9. The van der Waals surface area contributed by atoms with Crippen molar-refractivity contribution in [2.24, 2.45) is 0 Å². The molecule has 2 aromatic carbocycles. The Morgan fingerprint density at radius 2 is 1.86 bits per heavy atom. The number of carbonyl (C=O) groups excluding carboxylic acids is 1. The highest BCUT2D eigenvalue weighted by Crippen LogP contribution is 2.15. The number of hydrogen-bond donors (Lipinski definition) is 1. The number of amides is 1. The van der Waals surface area contributed by atoms with E-state index in [9.17, 15) is 4.79 Å². The molecule has 1 amide bonds. The van der Waals surface area contributed by atoms with Gasteiger partial charge in [-0.3, -0.25) is 9.78 Å². The first kappa shape index (κ1) is 19.4. The molecule has 144 valence electrons. The quantitative estimate of drug-likeness (QED) is 0.573. The summed E-state index contributed by atoms with van der Waals surface area (Å²) < 4.78 is 10.9. The number of carbonyl (C=O) groups is 1. The van der Waals surface area contributed by atoms with E-state index >= 15 is 0 Å². The van der Waals surface area contributed by atoms with Crippen molar-refractivity contribution in [3.8, 4) is 11.5 Å². The third kappa shape index (κ3) is 5.84. The number of benzene rings is 2. The van der Waals surface area contributed by atoms with Crippen LogP contribution >= 0.6 is 0 Å². The molecule has 0 radical (unpaired) electrons. The van der Waals surface area contributed by atoms with Gasteiger partial charge in [0.1, 0.15) is 18.1 Å². The molecule has 0 aliphatic carbocycles. The van der Waals surface area contributed by atoms with Gasteiger partial charge in [-0.15, -0.1) is 0 Å². The summed E-state index contributed by atoms with van der Waals surface area (Å²) in [6.07, 6.45) is 5.26. The van der Waals surface area contributed by atoms with Crippen molar-refractivity contribution >= 4 is 5.91 Å². The standard InChI is InChI=1S/C23H24N2O3/c1-27-21-11-9-18(10-12-21)5-4-14-25-23(26)20-7-2-8-22(15-20)28-17-19-6-3-13-24-16-19/h2-3,6-13,15-16H,4-5,14,17H2,1H3,(H,25,26). The van der Waals surface area contributed by atoms with Gasteiger partial charge in [0.15, 0.2) is 0 Å². The molecule has 28 heavy (non-hydrogen) atoms. The maximum atomic E-state index is 12.4. The molecule has 1 heterocycles. The molecule has 5 nitrogen and oxygen atoms in total. The highest BCUT2D eigenvalue weighted by atomic mass is 16.5. The van der Waals surface area contributed by atoms with E-state index in [1.165, 1.54) is 5.56 Å². The van der Waals surface area contributed by atoms with E-state index in [4.69, 9.17) is 9.47 Å². The molecular weight excluding hydrogens is 352 g/mol. The second-order valence-corrected chi connectivity index (χ2v) is 6.39. The fourth-order valence-electron chi connectivity index (χ4n) is 2.77. The van der Waals surface area contributed by atoms with Gasteiger partial charge in [0.25, 0.3) is 5.91 Å². The predicted octanol–water partition coefficient (Wildman–Crippen LogP) is 4.03. The van der Waals surface area contributed by atoms with Crippen molar-refractivity contribution in [1.82, 2.24) is 10.3 Å². The Kier molecular flexibility index (Phi) is 7.01. The van der Waals surface area contributed by atoms with Crippen LogP contribution in [0.5, 0.6) is 11.5 Å². The Morgan fingerprint density at radius 3 is 2.61 bits per heavy atom. The van der Waals surface area contributed by atoms with Gasteiger partial charge in [-0.05, 0) is 54.8 Å². The van der Waals surface area contributed by atoms with Crippen LogP contribution in [0.15, 0.2) is 73.1 Å². The number of nitrogens with zero attached hydrogens (tertiary/aromatic N) is 1. The molecule has 0 saturated carbocycles. The molecule has 0 bridgehead atoms. The van der Waals surface area contributed by atoms with Gasteiger partial charge in [-0.2, -0.15) is 0 Å². The maximum absolute atomic E-state index is 12.4. The first-order valence-electron chi connectivity index (χ1n) is 9.27. The Balaban J connectivity index is 1.44. The molecule has 5 heteroatoms. The Hall–Kier alpha value is -3.34. The lowest BCUT2D eigenvalue weighted by Crippen LogP contribution is -2.24. The zero-order valence-electron chi connectivity index (χ0n) is 15.9. The smallest absolute Gasteiger partial charge is 0.251 e. The number of hydrogen-bond acceptors (Lipinski definition) is 4. The van der Waals surface area contributed by atoms with Crippen LogP contribution < -0.4 is 14.8 Å². The van der Waals surface area contributed by atoms with E-state index in [-0.39, 0.29) is 5.91 Å². The minimum Gasteiger partial charge on any atom is -0.497 e. The highest BCUT2D eigenvalue weighted by Gasteiger charge is 2.06. The topological polar surface area (TPSA) is 60.5 Å². The minimum absolute atomic E-state index is 0.0958. The van der Waals surface area contributed by atoms with Gasteiger partial charge >= 0.3 is 0 Å². The third-order valence-electron chi connectivity index (χ3n) is 4.31. The van der Waals surface area contributed by atoms with Crippen molar-refractivity contribution in [2.45, 2.75) is 19.4 Å². The fraction of sp³-hybridized carbons (Fsp3) is 0.217. The number of aromatic nitrogens is 1. The minimum atomic E-state index is -0.0958. The van der Waals surface area contributed by atoms with Crippen molar-refractivity contribution < 1.29 is 14.3 Å². The monoisotopic (exact) mass is 376 g/mol. The van der Waals surface area contributed by atoms with Crippen molar-refractivity contribution in [3.63, 3.8) is 0 Å². The normalized spacial score (nSPS) is 10.3. The number of pyridine rings is 1. The van der Waals surface area contributed by atoms with Crippen LogP contribution in [-0.2, 0) is 13.0 Å². The number of ether oxygens (including phenoxy) is 2. The molecule has 0 spiro atoms. The van der Waals surface area contributed by atoms with E-state index in [0.29, 0.717) is 24.5 Å². The van der Waals surface area contributed by atoms with Crippen LogP contribution in [0.25, 0.3) is 0 Å². The van der Waals surface area contributed by atoms with E-state index < -0.39 is 0 Å². The van der Waals surface area contributed by atoms with Crippen molar-refractivity contribution in [1.29, 1.82) is 0 Å². The first-order chi connectivity index (χ1) is 13.7. The second kappa shape index (κ2) is 10.1. The molecular formula is C23H24N2O3. The number of nitrogens with one attached hydrogen (secondary N) is 1. The second-order valence-electron chi connectivity index (χ2n) is 6.39. The summed E-state index contributed by atoms with van der Waals surface area (Å²) in [6.45, 7) is 1.03. The maximum Gasteiger partial charge on any atom is 0.251 e. The lowest BCUT2D eigenvalue weighted by atomic mass is 10.1. The van der Waals surface area contributed by atoms with Crippen LogP contribution in [0.1, 0.15) is 27.9 Å².